The predicted molar refractivity (Wildman–Crippen MR) is 88.8 cm³/mol. The molecule has 0 aliphatic rings. The highest BCUT2D eigenvalue weighted by atomic mass is 35.5. The summed E-state index contributed by atoms with van der Waals surface area (Å²) >= 11 is 5.70. The summed E-state index contributed by atoms with van der Waals surface area (Å²) in [5, 5.41) is 17.0. The van der Waals surface area contributed by atoms with Crippen LogP contribution in [0.3, 0.4) is 0 Å². The van der Waals surface area contributed by atoms with Gasteiger partial charge in [0.2, 0.25) is 0 Å². The van der Waals surface area contributed by atoms with Crippen LogP contribution in [-0.4, -0.2) is 25.4 Å². The molecule has 8 nitrogen and oxygen atoms in total. The van der Waals surface area contributed by atoms with Crippen molar-refractivity contribution in [1.82, 2.24) is 14.6 Å². The first-order valence-electron chi connectivity index (χ1n) is 7.26. The maximum Gasteiger partial charge on any atom is 0.433 e. The lowest BCUT2D eigenvalue weighted by molar-refractivity contribution is -0.383. The van der Waals surface area contributed by atoms with E-state index in [2.05, 4.69) is 15.4 Å². The van der Waals surface area contributed by atoms with Gasteiger partial charge in [-0.2, -0.15) is 18.3 Å². The second kappa shape index (κ2) is 6.50. The second-order valence-electron chi connectivity index (χ2n) is 5.45. The summed E-state index contributed by atoms with van der Waals surface area (Å²) in [4.78, 5) is 26.6. The molecule has 0 radical (unpaired) electrons. The molecule has 0 saturated carbocycles. The first kappa shape index (κ1) is 18.6. The lowest BCUT2D eigenvalue weighted by atomic mass is 10.2. The van der Waals surface area contributed by atoms with Crippen LogP contribution in [0, 0.1) is 17.0 Å². The van der Waals surface area contributed by atoms with Crippen molar-refractivity contribution in [2.75, 3.05) is 5.32 Å². The summed E-state index contributed by atoms with van der Waals surface area (Å²) in [6.07, 6.45) is -4.71. The molecule has 0 spiro atoms. The van der Waals surface area contributed by atoms with Crippen molar-refractivity contribution in [3.8, 4) is 0 Å². The van der Waals surface area contributed by atoms with Gasteiger partial charge < -0.3 is 5.32 Å². The van der Waals surface area contributed by atoms with Gasteiger partial charge in [-0.1, -0.05) is 11.6 Å². The van der Waals surface area contributed by atoms with Crippen LogP contribution in [0.5, 0.6) is 0 Å². The molecular weight excluding hydrogens is 391 g/mol. The summed E-state index contributed by atoms with van der Waals surface area (Å²) in [7, 11) is 0. The highest BCUT2D eigenvalue weighted by molar-refractivity contribution is 6.31. The van der Waals surface area contributed by atoms with Crippen LogP contribution in [0.4, 0.5) is 24.5 Å². The molecule has 3 rings (SSSR count). The number of nitrogens with zero attached hydrogens (tertiary/aromatic N) is 4. The number of fused-ring (bicyclic) bond motifs is 1. The molecule has 0 aliphatic carbocycles. The Bertz CT molecular complexity index is 1080. The molecule has 2 heterocycles. The van der Waals surface area contributed by atoms with Gasteiger partial charge in [-0.25, -0.2) is 9.50 Å². The van der Waals surface area contributed by atoms with Gasteiger partial charge >= 0.3 is 6.18 Å². The molecule has 1 N–H and O–H groups in total. The molecule has 0 fully saturated rings. The summed E-state index contributed by atoms with van der Waals surface area (Å²) in [6, 6.07) is 5.41. The fourth-order valence-corrected chi connectivity index (χ4v) is 2.53. The van der Waals surface area contributed by atoms with Crippen molar-refractivity contribution in [2.24, 2.45) is 0 Å². The molecular formula is C15H9ClF3N5O3. The van der Waals surface area contributed by atoms with Gasteiger partial charge in [0.05, 0.1) is 4.92 Å². The number of nitro benzene ring substituents is 1. The van der Waals surface area contributed by atoms with Crippen molar-refractivity contribution >= 4 is 34.5 Å². The SMILES string of the molecule is Cc1cc(C(F)(F)F)n2nc(C(=O)Nc3ccc(Cl)cc3[N+](=O)[O-])cc2n1. The van der Waals surface area contributed by atoms with E-state index in [1.807, 2.05) is 0 Å². The van der Waals surface area contributed by atoms with Gasteiger partial charge in [-0.15, -0.1) is 0 Å². The fraction of sp³-hybridized carbons (Fsp3) is 0.133. The number of anilines is 1. The predicted octanol–water partition coefficient (Wildman–Crippen LogP) is 3.87. The molecule has 1 amide bonds. The third-order valence-corrected chi connectivity index (χ3v) is 3.72. The molecule has 3 aromatic rings. The van der Waals surface area contributed by atoms with Crippen LogP contribution in [-0.2, 0) is 6.18 Å². The molecule has 0 aliphatic heterocycles. The zero-order valence-corrected chi connectivity index (χ0v) is 14.2. The normalized spacial score (nSPS) is 11.6. The monoisotopic (exact) mass is 399 g/mol. The Kier molecular flexibility index (Phi) is 4.47. The van der Waals surface area contributed by atoms with Crippen molar-refractivity contribution in [2.45, 2.75) is 13.1 Å². The van der Waals surface area contributed by atoms with Gasteiger partial charge in [0, 0.05) is 22.8 Å². The molecule has 2 aromatic heterocycles. The number of nitro groups is 1. The second-order valence-corrected chi connectivity index (χ2v) is 5.89. The first-order chi connectivity index (χ1) is 12.6. The van der Waals surface area contributed by atoms with Crippen LogP contribution in [0.2, 0.25) is 5.02 Å². The third-order valence-electron chi connectivity index (χ3n) is 3.48. The van der Waals surface area contributed by atoms with Crippen LogP contribution in [0.15, 0.2) is 30.3 Å². The maximum atomic E-state index is 13.2. The minimum absolute atomic E-state index is 0.0851. The van der Waals surface area contributed by atoms with E-state index >= 15 is 0 Å². The first-order valence-corrected chi connectivity index (χ1v) is 7.64. The minimum atomic E-state index is -4.71. The van der Waals surface area contributed by atoms with Crippen molar-refractivity contribution in [1.29, 1.82) is 0 Å². The highest BCUT2D eigenvalue weighted by Crippen LogP contribution is 2.31. The smallest absolute Gasteiger partial charge is 0.315 e. The average molecular weight is 400 g/mol. The Morgan fingerprint density at radius 2 is 2.00 bits per heavy atom. The largest absolute Gasteiger partial charge is 0.433 e. The molecule has 27 heavy (non-hydrogen) atoms. The van der Waals surface area contributed by atoms with Crippen LogP contribution < -0.4 is 5.32 Å². The summed E-state index contributed by atoms with van der Waals surface area (Å²) in [5.41, 5.74) is -2.21. The highest BCUT2D eigenvalue weighted by Gasteiger charge is 2.35. The minimum Gasteiger partial charge on any atom is -0.315 e. The summed E-state index contributed by atoms with van der Waals surface area (Å²) in [6.45, 7) is 1.37. The number of rotatable bonds is 3. The topological polar surface area (TPSA) is 102 Å². The van der Waals surface area contributed by atoms with Crippen LogP contribution in [0.25, 0.3) is 5.65 Å². The molecule has 0 bridgehead atoms. The third kappa shape index (κ3) is 3.67. The van der Waals surface area contributed by atoms with E-state index in [-0.39, 0.29) is 27.7 Å². The van der Waals surface area contributed by atoms with Gasteiger partial charge in [-0.05, 0) is 25.1 Å². The number of carbonyl (C=O) groups excluding carboxylic acids is 1. The molecule has 140 valence electrons. The Morgan fingerprint density at radius 1 is 1.30 bits per heavy atom. The standard InChI is InChI=1S/C15H9ClF3N5O3/c1-7-4-12(15(17,18)19)23-13(20-7)6-10(22-23)14(25)21-9-3-2-8(16)5-11(9)24(26)27/h2-6H,1H3,(H,21,25). The van der Waals surface area contributed by atoms with Crippen molar-refractivity contribution < 1.29 is 22.9 Å². The quantitative estimate of drug-likeness (QED) is 0.532. The Hall–Kier alpha value is -3.21. The molecule has 1 aromatic carbocycles. The Morgan fingerprint density at radius 3 is 2.63 bits per heavy atom. The van der Waals surface area contributed by atoms with E-state index in [9.17, 15) is 28.1 Å². The van der Waals surface area contributed by atoms with Gasteiger partial charge in [0.25, 0.3) is 11.6 Å². The number of benzene rings is 1. The zero-order valence-electron chi connectivity index (χ0n) is 13.4. The maximum absolute atomic E-state index is 13.2. The van der Waals surface area contributed by atoms with Gasteiger partial charge in [0.15, 0.2) is 11.3 Å². The number of carbonyl (C=O) groups is 1. The molecule has 0 atom stereocenters. The molecule has 0 saturated heterocycles. The summed E-state index contributed by atoms with van der Waals surface area (Å²) < 4.78 is 40.0. The number of hydrogen-bond acceptors (Lipinski definition) is 5. The number of halogens is 4. The van der Waals surface area contributed by atoms with E-state index < -0.39 is 28.4 Å². The van der Waals surface area contributed by atoms with E-state index in [1.54, 1.807) is 0 Å². The Balaban J connectivity index is 2.02. The van der Waals surface area contributed by atoms with Crippen molar-refractivity contribution in [3.05, 3.63) is 62.6 Å². The number of nitrogens with one attached hydrogen (secondary N) is 1. The molecule has 12 heteroatoms. The lowest BCUT2D eigenvalue weighted by Crippen LogP contribution is -2.16. The van der Waals surface area contributed by atoms with Gasteiger partial charge in [0.1, 0.15) is 11.4 Å². The van der Waals surface area contributed by atoms with Gasteiger partial charge in [-0.3, -0.25) is 14.9 Å². The van der Waals surface area contributed by atoms with Crippen LogP contribution in [0.1, 0.15) is 21.9 Å². The summed E-state index contributed by atoms with van der Waals surface area (Å²) in [5.74, 6) is -0.934. The Labute approximate surface area is 153 Å². The fourth-order valence-electron chi connectivity index (χ4n) is 2.36. The van der Waals surface area contributed by atoms with E-state index in [1.165, 1.54) is 19.1 Å². The lowest BCUT2D eigenvalue weighted by Gasteiger charge is -2.09. The van der Waals surface area contributed by atoms with Crippen molar-refractivity contribution in [3.63, 3.8) is 0 Å². The average Bonchev–Trinajstić information content (AvgIpc) is 2.98. The van der Waals surface area contributed by atoms with Crippen LogP contribution >= 0.6 is 11.6 Å². The molecule has 0 unspecified atom stereocenters. The number of alkyl halides is 3. The number of amides is 1. The number of aryl methyl sites for hydroxylation is 1. The van der Waals surface area contributed by atoms with E-state index in [4.69, 9.17) is 11.6 Å². The zero-order chi connectivity index (χ0) is 19.9. The van der Waals surface area contributed by atoms with E-state index in [0.29, 0.717) is 4.52 Å². The number of hydrogen-bond donors (Lipinski definition) is 1. The van der Waals surface area contributed by atoms with E-state index in [0.717, 1.165) is 18.2 Å². The number of aromatic nitrogens is 3.